The molecule has 2 saturated heterocycles. The molecule has 27 heavy (non-hydrogen) atoms. The molecular weight excluding hydrogens is 368 g/mol. The summed E-state index contributed by atoms with van der Waals surface area (Å²) in [6, 6.07) is -0.119. The Bertz CT molecular complexity index is 671. The van der Waals surface area contributed by atoms with E-state index in [2.05, 4.69) is 36.4 Å². The fourth-order valence-corrected chi connectivity index (χ4v) is 4.16. The van der Waals surface area contributed by atoms with Gasteiger partial charge in [0.05, 0.1) is 43.7 Å². The van der Waals surface area contributed by atoms with Gasteiger partial charge in [-0.05, 0) is 0 Å². The number of carbonyl (C=O) groups excluding carboxylic acids is 2. The van der Waals surface area contributed by atoms with E-state index >= 15 is 0 Å². The number of thiazole rings is 1. The molecule has 2 atom stereocenters. The number of ether oxygens (including phenoxy) is 2. The van der Waals surface area contributed by atoms with E-state index in [0.717, 1.165) is 5.69 Å². The molecule has 3 heterocycles. The van der Waals surface area contributed by atoms with Crippen LogP contribution in [0, 0.1) is 0 Å². The van der Waals surface area contributed by atoms with Gasteiger partial charge in [-0.3, -0.25) is 14.5 Å². The van der Waals surface area contributed by atoms with Crippen molar-refractivity contribution in [3.8, 4) is 0 Å². The molecule has 2 amide bonds. The summed E-state index contributed by atoms with van der Waals surface area (Å²) in [7, 11) is 0. The van der Waals surface area contributed by atoms with E-state index < -0.39 is 0 Å². The first-order chi connectivity index (χ1) is 12.7. The van der Waals surface area contributed by atoms with Gasteiger partial charge >= 0.3 is 0 Å². The molecule has 2 aliphatic rings. The van der Waals surface area contributed by atoms with Crippen molar-refractivity contribution in [2.45, 2.75) is 51.4 Å². The van der Waals surface area contributed by atoms with Crippen LogP contribution in [0.2, 0.25) is 0 Å². The fourth-order valence-electron chi connectivity index (χ4n) is 3.20. The zero-order valence-electron chi connectivity index (χ0n) is 16.3. The molecule has 2 fully saturated rings. The molecule has 8 nitrogen and oxygen atoms in total. The highest BCUT2D eigenvalue weighted by Crippen LogP contribution is 2.26. The maximum absolute atomic E-state index is 12.4. The number of fused-ring (bicyclic) bond motifs is 1. The van der Waals surface area contributed by atoms with Gasteiger partial charge in [-0.15, -0.1) is 11.3 Å². The van der Waals surface area contributed by atoms with Crippen LogP contribution in [0.5, 0.6) is 0 Å². The van der Waals surface area contributed by atoms with Crippen molar-refractivity contribution in [3.05, 3.63) is 11.1 Å². The number of hydrogen-bond acceptors (Lipinski definition) is 7. The monoisotopic (exact) mass is 396 g/mol. The molecule has 1 aromatic heterocycles. The molecular formula is C18H28N4O4S. The summed E-state index contributed by atoms with van der Waals surface area (Å²) in [4.78, 5) is 30.1. The average Bonchev–Trinajstić information content (AvgIpc) is 3.12. The number of nitrogens with zero attached hydrogens (tertiary/aromatic N) is 2. The summed E-state index contributed by atoms with van der Waals surface area (Å²) in [5, 5.41) is 8.31. The van der Waals surface area contributed by atoms with Gasteiger partial charge in [0.15, 0.2) is 5.13 Å². The number of likely N-dealkylation sites (tertiary alicyclic amines) is 1. The zero-order chi connectivity index (χ0) is 19.6. The maximum atomic E-state index is 12.4. The molecule has 9 heteroatoms. The topological polar surface area (TPSA) is 92.8 Å². The van der Waals surface area contributed by atoms with Gasteiger partial charge in [-0.2, -0.15) is 0 Å². The minimum Gasteiger partial charge on any atom is -0.372 e. The lowest BCUT2D eigenvalue weighted by molar-refractivity contribution is -0.120. The lowest BCUT2D eigenvalue weighted by atomic mass is 9.93. The number of aromatic nitrogens is 1. The van der Waals surface area contributed by atoms with E-state index in [4.69, 9.17) is 9.47 Å². The summed E-state index contributed by atoms with van der Waals surface area (Å²) in [5.41, 5.74) is 0.939. The summed E-state index contributed by atoms with van der Waals surface area (Å²) in [6.45, 7) is 10.2. The number of hydrogen-bond donors (Lipinski definition) is 2. The zero-order valence-corrected chi connectivity index (χ0v) is 17.1. The van der Waals surface area contributed by atoms with Crippen molar-refractivity contribution in [2.24, 2.45) is 0 Å². The van der Waals surface area contributed by atoms with Crippen LogP contribution in [0.3, 0.4) is 0 Å². The summed E-state index contributed by atoms with van der Waals surface area (Å²) < 4.78 is 11.8. The van der Waals surface area contributed by atoms with Crippen LogP contribution < -0.4 is 10.6 Å². The van der Waals surface area contributed by atoms with E-state index in [1.54, 1.807) is 0 Å². The van der Waals surface area contributed by atoms with E-state index in [-0.39, 0.29) is 42.0 Å². The van der Waals surface area contributed by atoms with Crippen LogP contribution in [-0.4, -0.2) is 72.8 Å². The third-order valence-corrected chi connectivity index (χ3v) is 5.37. The Balaban J connectivity index is 1.47. The molecule has 0 unspecified atom stereocenters. The Hall–Kier alpha value is -1.55. The summed E-state index contributed by atoms with van der Waals surface area (Å²) in [6.07, 6.45) is -0.159. The van der Waals surface area contributed by atoms with Crippen LogP contribution in [0.4, 0.5) is 5.13 Å². The molecule has 0 saturated carbocycles. The molecule has 0 aromatic carbocycles. The maximum Gasteiger partial charge on any atom is 0.240 e. The van der Waals surface area contributed by atoms with E-state index in [0.29, 0.717) is 31.4 Å². The van der Waals surface area contributed by atoms with Gasteiger partial charge in [-0.1, -0.05) is 20.8 Å². The molecule has 3 rings (SSSR count). The highest BCUT2D eigenvalue weighted by molar-refractivity contribution is 7.13. The quantitative estimate of drug-likeness (QED) is 0.788. The number of carbonyl (C=O) groups is 2. The Morgan fingerprint density at radius 2 is 1.89 bits per heavy atom. The van der Waals surface area contributed by atoms with Crippen molar-refractivity contribution in [1.29, 1.82) is 0 Å². The van der Waals surface area contributed by atoms with Gasteiger partial charge < -0.3 is 20.1 Å². The first kappa shape index (κ1) is 20.2. The Kier molecular flexibility index (Phi) is 6.15. The van der Waals surface area contributed by atoms with Gasteiger partial charge in [-0.25, -0.2) is 4.98 Å². The molecule has 1 aromatic rings. The molecule has 0 aliphatic carbocycles. The number of nitrogens with one attached hydrogen (secondary N) is 2. The second kappa shape index (κ2) is 8.22. The predicted molar refractivity (Wildman–Crippen MR) is 103 cm³/mol. The minimum atomic E-state index is -0.119. The van der Waals surface area contributed by atoms with E-state index in [9.17, 15) is 9.59 Å². The highest BCUT2D eigenvalue weighted by Gasteiger charge is 2.38. The molecule has 0 radical (unpaired) electrons. The van der Waals surface area contributed by atoms with Crippen LogP contribution in [0.15, 0.2) is 5.38 Å². The smallest absolute Gasteiger partial charge is 0.240 e. The molecule has 2 N–H and O–H groups in total. The van der Waals surface area contributed by atoms with Crippen molar-refractivity contribution in [3.63, 3.8) is 0 Å². The third kappa shape index (κ3) is 5.47. The second-order valence-corrected chi connectivity index (χ2v) is 9.03. The van der Waals surface area contributed by atoms with Crippen LogP contribution in [0.25, 0.3) is 0 Å². The Morgan fingerprint density at radius 1 is 1.26 bits per heavy atom. The van der Waals surface area contributed by atoms with Crippen molar-refractivity contribution in [1.82, 2.24) is 15.2 Å². The number of amides is 2. The van der Waals surface area contributed by atoms with Crippen molar-refractivity contribution in [2.75, 3.05) is 38.2 Å². The van der Waals surface area contributed by atoms with Gasteiger partial charge in [0.1, 0.15) is 0 Å². The fraction of sp³-hybridized carbons (Fsp3) is 0.722. The number of anilines is 1. The largest absolute Gasteiger partial charge is 0.372 e. The van der Waals surface area contributed by atoms with E-state index in [1.807, 2.05) is 10.3 Å². The Morgan fingerprint density at radius 3 is 2.41 bits per heavy atom. The van der Waals surface area contributed by atoms with Crippen molar-refractivity contribution < 1.29 is 19.1 Å². The highest BCUT2D eigenvalue weighted by atomic mass is 32.1. The molecule has 0 bridgehead atoms. The summed E-state index contributed by atoms with van der Waals surface area (Å²) >= 11 is 1.45. The molecule has 150 valence electrons. The first-order valence-corrected chi connectivity index (χ1v) is 10.1. The van der Waals surface area contributed by atoms with Gasteiger partial charge in [0.2, 0.25) is 11.8 Å². The third-order valence-electron chi connectivity index (χ3n) is 4.61. The normalized spacial score (nSPS) is 24.3. The standard InChI is InChI=1S/C18H28N4O4S/c1-11(23)19-12-8-25-13-5-22(6-14(13)26-9-12)7-16(24)21-17-20-15(10-27-17)18(2,3)4/h10,12-14H,5-9H2,1-4H3,(H,19,23)(H,20,21,24)/t13-,14-/m0/s1. The lowest BCUT2D eigenvalue weighted by Crippen LogP contribution is -2.40. The average molecular weight is 397 g/mol. The first-order valence-electron chi connectivity index (χ1n) is 9.19. The molecule has 0 spiro atoms. The summed E-state index contributed by atoms with van der Waals surface area (Å²) in [5.74, 6) is -0.174. The van der Waals surface area contributed by atoms with Crippen LogP contribution in [-0.2, 0) is 24.5 Å². The van der Waals surface area contributed by atoms with Crippen LogP contribution in [0.1, 0.15) is 33.4 Å². The predicted octanol–water partition coefficient (Wildman–Crippen LogP) is 0.983. The lowest BCUT2D eigenvalue weighted by Gasteiger charge is -2.18. The minimum absolute atomic E-state index is 0.0353. The van der Waals surface area contributed by atoms with Crippen molar-refractivity contribution >= 4 is 28.3 Å². The van der Waals surface area contributed by atoms with E-state index in [1.165, 1.54) is 18.3 Å². The SMILES string of the molecule is CC(=O)NC1CO[C@H]2CN(CC(=O)Nc3nc(C(C)(C)C)cs3)C[C@@H]2OC1. The van der Waals surface area contributed by atoms with Gasteiger partial charge in [0.25, 0.3) is 0 Å². The molecule has 2 aliphatic heterocycles. The van der Waals surface area contributed by atoms with Crippen LogP contribution >= 0.6 is 11.3 Å². The second-order valence-electron chi connectivity index (χ2n) is 8.17. The van der Waals surface area contributed by atoms with Gasteiger partial charge in [0, 0.05) is 30.8 Å². The Labute approximate surface area is 163 Å². The number of rotatable bonds is 4.